The molecule has 4 aliphatic heterocycles. The molecule has 0 N–H and O–H groups in total. The lowest BCUT2D eigenvalue weighted by molar-refractivity contribution is -0.218. The summed E-state index contributed by atoms with van der Waals surface area (Å²) in [5.74, 6) is 2.23. The Kier molecular flexibility index (Phi) is 8.56. The first-order valence-electron chi connectivity index (χ1n) is 17.4. The molecule has 0 saturated carbocycles. The number of esters is 1. The molecule has 2 saturated heterocycles. The van der Waals surface area contributed by atoms with E-state index < -0.39 is 11.8 Å². The largest absolute Gasteiger partial charge is 0.491 e. The van der Waals surface area contributed by atoms with Gasteiger partial charge in [-0.3, -0.25) is 0 Å². The standard InChI is InChI=1S/C41H42O10/c1-39(2)24-41(49-36-17-30(13-15-34(36)39)48-38(42)27-7-11-29(12-8-27)44-21-33-23-46-33)25-40(3,4)35-16-14-31(18-37(35)50-41)51-47-19-26-5-9-28(10-6-26)43-20-32-22-45-32/h5-18,32-33H,19-25H2,1-4H3. The SMILES string of the molecule is CC1(C)CC2(CC(C)(C)c3ccc(OC(=O)c4ccc(OCC5CO5)cc4)cc3O2)Oc2cc(OOCc3ccc(OCC4CO4)cc3)ccc21. The third-order valence-corrected chi connectivity index (χ3v) is 9.66. The predicted molar refractivity (Wildman–Crippen MR) is 186 cm³/mol. The van der Waals surface area contributed by atoms with Crippen molar-refractivity contribution < 1.29 is 47.7 Å². The Morgan fingerprint density at radius 1 is 0.667 bits per heavy atom. The normalized spacial score (nSPS) is 23.1. The van der Waals surface area contributed by atoms with Crippen molar-refractivity contribution in [2.75, 3.05) is 26.4 Å². The molecule has 8 rings (SSSR count). The summed E-state index contributed by atoms with van der Waals surface area (Å²) in [5, 5.41) is 0. The maximum absolute atomic E-state index is 13.1. The Morgan fingerprint density at radius 3 is 1.71 bits per heavy atom. The molecule has 0 amide bonds. The molecule has 10 nitrogen and oxygen atoms in total. The number of rotatable bonds is 12. The summed E-state index contributed by atoms with van der Waals surface area (Å²) in [4.78, 5) is 24.4. The lowest BCUT2D eigenvalue weighted by Crippen LogP contribution is -2.55. The molecular formula is C41H42O10. The Morgan fingerprint density at radius 2 is 1.16 bits per heavy atom. The minimum Gasteiger partial charge on any atom is -0.491 e. The van der Waals surface area contributed by atoms with Gasteiger partial charge in [0.1, 0.15) is 60.8 Å². The van der Waals surface area contributed by atoms with Gasteiger partial charge in [0, 0.05) is 46.9 Å². The molecule has 4 aromatic rings. The van der Waals surface area contributed by atoms with Gasteiger partial charge in [-0.25, -0.2) is 4.79 Å². The number of hydrogen-bond acceptors (Lipinski definition) is 10. The summed E-state index contributed by atoms with van der Waals surface area (Å²) in [6.45, 7) is 11.6. The van der Waals surface area contributed by atoms with Gasteiger partial charge in [-0.2, -0.15) is 4.89 Å². The molecule has 0 bridgehead atoms. The maximum atomic E-state index is 13.1. The van der Waals surface area contributed by atoms with E-state index in [1.54, 1.807) is 30.3 Å². The molecule has 2 fully saturated rings. The number of hydrogen-bond donors (Lipinski definition) is 0. The highest BCUT2D eigenvalue weighted by Gasteiger charge is 2.53. The molecule has 10 heteroatoms. The molecule has 4 aliphatic rings. The lowest BCUT2D eigenvalue weighted by Gasteiger charge is -2.51. The van der Waals surface area contributed by atoms with Crippen molar-refractivity contribution in [1.29, 1.82) is 0 Å². The zero-order valence-electron chi connectivity index (χ0n) is 29.3. The Balaban J connectivity index is 0.941. The van der Waals surface area contributed by atoms with Gasteiger partial charge >= 0.3 is 5.97 Å². The Bertz CT molecular complexity index is 1890. The fraction of sp³-hybridized carbons (Fsp3) is 0.390. The van der Waals surface area contributed by atoms with Crippen LogP contribution in [0.15, 0.2) is 84.9 Å². The third-order valence-electron chi connectivity index (χ3n) is 9.66. The Labute approximate surface area is 297 Å². The molecule has 4 aromatic carbocycles. The van der Waals surface area contributed by atoms with E-state index in [4.69, 9.17) is 42.9 Å². The molecule has 3 atom stereocenters. The van der Waals surface area contributed by atoms with Crippen molar-refractivity contribution in [2.24, 2.45) is 0 Å². The van der Waals surface area contributed by atoms with Crippen molar-refractivity contribution in [3.05, 3.63) is 107 Å². The third kappa shape index (κ3) is 7.63. The van der Waals surface area contributed by atoms with E-state index in [1.165, 1.54) is 0 Å². The van der Waals surface area contributed by atoms with Gasteiger partial charge in [0.25, 0.3) is 5.79 Å². The van der Waals surface area contributed by atoms with E-state index in [1.807, 2.05) is 54.6 Å². The zero-order chi connectivity index (χ0) is 35.2. The van der Waals surface area contributed by atoms with Crippen molar-refractivity contribution in [3.8, 4) is 34.5 Å². The summed E-state index contributed by atoms with van der Waals surface area (Å²) in [6, 6.07) is 25.9. The van der Waals surface area contributed by atoms with E-state index in [0.29, 0.717) is 60.4 Å². The topological polar surface area (TPSA) is 107 Å². The van der Waals surface area contributed by atoms with E-state index in [-0.39, 0.29) is 29.6 Å². The summed E-state index contributed by atoms with van der Waals surface area (Å²) in [5.41, 5.74) is 2.86. The first-order valence-corrected chi connectivity index (χ1v) is 17.4. The highest BCUT2D eigenvalue weighted by atomic mass is 17.2. The minimum absolute atomic E-state index is 0.157. The van der Waals surface area contributed by atoms with Crippen LogP contribution in [0.3, 0.4) is 0 Å². The average Bonchev–Trinajstić information content (AvgIpc) is 4.02. The van der Waals surface area contributed by atoms with Crippen LogP contribution in [-0.4, -0.2) is 50.4 Å². The second kappa shape index (κ2) is 13.1. The minimum atomic E-state index is -0.966. The van der Waals surface area contributed by atoms with Crippen LogP contribution in [0.4, 0.5) is 0 Å². The number of fused-ring (bicyclic) bond motifs is 2. The molecular weight excluding hydrogens is 652 g/mol. The molecule has 0 aliphatic carbocycles. The van der Waals surface area contributed by atoms with Crippen LogP contribution >= 0.6 is 0 Å². The summed E-state index contributed by atoms with van der Waals surface area (Å²) >= 11 is 0. The fourth-order valence-corrected chi connectivity index (χ4v) is 6.98. The van der Waals surface area contributed by atoms with Gasteiger partial charge < -0.3 is 38.0 Å². The quantitative estimate of drug-likeness (QED) is 0.0487. The van der Waals surface area contributed by atoms with Crippen LogP contribution < -0.4 is 28.6 Å². The van der Waals surface area contributed by atoms with Crippen molar-refractivity contribution in [3.63, 3.8) is 0 Å². The smallest absolute Gasteiger partial charge is 0.343 e. The zero-order valence-corrected chi connectivity index (χ0v) is 29.3. The highest BCUT2D eigenvalue weighted by molar-refractivity contribution is 5.91. The van der Waals surface area contributed by atoms with E-state index >= 15 is 0 Å². The molecule has 4 heterocycles. The number of epoxide rings is 2. The van der Waals surface area contributed by atoms with Crippen LogP contribution in [0.25, 0.3) is 0 Å². The molecule has 51 heavy (non-hydrogen) atoms. The van der Waals surface area contributed by atoms with Gasteiger partial charge in [0.15, 0.2) is 5.75 Å². The average molecular weight is 695 g/mol. The molecule has 0 radical (unpaired) electrons. The van der Waals surface area contributed by atoms with E-state index in [0.717, 1.165) is 35.7 Å². The van der Waals surface area contributed by atoms with Crippen LogP contribution in [0, 0.1) is 0 Å². The molecule has 266 valence electrons. The molecule has 1 spiro atoms. The first-order chi connectivity index (χ1) is 24.5. The second-order valence-corrected chi connectivity index (χ2v) is 15.0. The fourth-order valence-electron chi connectivity index (χ4n) is 6.98. The van der Waals surface area contributed by atoms with Crippen LogP contribution in [0.2, 0.25) is 0 Å². The van der Waals surface area contributed by atoms with Crippen molar-refractivity contribution in [1.82, 2.24) is 0 Å². The number of carbonyl (C=O) groups is 1. The monoisotopic (exact) mass is 694 g/mol. The summed E-state index contributed by atoms with van der Waals surface area (Å²) in [7, 11) is 0. The van der Waals surface area contributed by atoms with Crippen LogP contribution in [-0.2, 0) is 31.8 Å². The van der Waals surface area contributed by atoms with Crippen LogP contribution in [0.1, 0.15) is 67.6 Å². The van der Waals surface area contributed by atoms with Gasteiger partial charge in [-0.1, -0.05) is 52.0 Å². The first kappa shape index (κ1) is 33.4. The summed E-state index contributed by atoms with van der Waals surface area (Å²) in [6.07, 6.45) is 1.60. The highest BCUT2D eigenvalue weighted by Crippen LogP contribution is 2.54. The van der Waals surface area contributed by atoms with Crippen LogP contribution in [0.5, 0.6) is 34.5 Å². The number of carbonyl (C=O) groups excluding carboxylic acids is 1. The van der Waals surface area contributed by atoms with Gasteiger partial charge in [0.2, 0.25) is 0 Å². The lowest BCUT2D eigenvalue weighted by atomic mass is 9.69. The van der Waals surface area contributed by atoms with Gasteiger partial charge in [-0.15, -0.1) is 0 Å². The Hall–Kier alpha value is -4.77. The van der Waals surface area contributed by atoms with Crippen molar-refractivity contribution in [2.45, 2.75) is 76.0 Å². The number of ether oxygens (including phenoxy) is 7. The van der Waals surface area contributed by atoms with Gasteiger partial charge in [-0.05, 0) is 54.1 Å². The van der Waals surface area contributed by atoms with E-state index in [9.17, 15) is 4.79 Å². The number of benzene rings is 4. The second-order valence-electron chi connectivity index (χ2n) is 15.0. The van der Waals surface area contributed by atoms with Crippen molar-refractivity contribution >= 4 is 5.97 Å². The molecule has 3 unspecified atom stereocenters. The van der Waals surface area contributed by atoms with Gasteiger partial charge in [0.05, 0.1) is 18.8 Å². The van der Waals surface area contributed by atoms with E-state index in [2.05, 4.69) is 27.7 Å². The predicted octanol–water partition coefficient (Wildman–Crippen LogP) is 7.49. The summed E-state index contributed by atoms with van der Waals surface area (Å²) < 4.78 is 41.1. The maximum Gasteiger partial charge on any atom is 0.343 e. The molecule has 0 aromatic heterocycles.